The molecule has 2 aromatic carbocycles. The Bertz CT molecular complexity index is 834. The molecule has 148 valence electrons. The van der Waals surface area contributed by atoms with E-state index in [1.165, 1.54) is 0 Å². The van der Waals surface area contributed by atoms with Crippen LogP contribution in [0.25, 0.3) is 0 Å². The Balaban J connectivity index is 1.49. The normalized spacial score (nSPS) is 15.9. The Labute approximate surface area is 175 Å². The Morgan fingerprint density at radius 3 is 2.29 bits per heavy atom. The van der Waals surface area contributed by atoms with Crippen molar-refractivity contribution in [3.8, 4) is 0 Å². The second-order valence-corrected chi connectivity index (χ2v) is 7.66. The van der Waals surface area contributed by atoms with Crippen molar-refractivity contribution in [2.24, 2.45) is 0 Å². The van der Waals surface area contributed by atoms with Crippen molar-refractivity contribution in [2.45, 2.75) is 19.5 Å². The predicted octanol–water partition coefficient (Wildman–Crippen LogP) is 3.46. The van der Waals surface area contributed by atoms with Gasteiger partial charge in [0.15, 0.2) is 0 Å². The van der Waals surface area contributed by atoms with Gasteiger partial charge in [-0.1, -0.05) is 41.4 Å². The van der Waals surface area contributed by atoms with Gasteiger partial charge in [0, 0.05) is 48.3 Å². The molecule has 1 fully saturated rings. The highest BCUT2D eigenvalue weighted by atomic mass is 35.5. The molecule has 1 heterocycles. The first-order chi connectivity index (χ1) is 13.5. The fraction of sp³-hybridized carbons (Fsp3) is 0.333. The second-order valence-electron chi connectivity index (χ2n) is 6.82. The summed E-state index contributed by atoms with van der Waals surface area (Å²) in [7, 11) is 0. The number of hydrogen-bond donors (Lipinski definition) is 1. The third-order valence-corrected chi connectivity index (χ3v) is 5.65. The molecule has 0 radical (unpaired) electrons. The van der Waals surface area contributed by atoms with E-state index in [4.69, 9.17) is 23.2 Å². The number of nitrogens with one attached hydrogen (secondary N) is 1. The standard InChI is InChI=1S/C21H23Cl2N3O2/c1-15(20(27)24-14-17-4-2-3-5-19(17)23)25-10-12-26(13-11-25)21(28)16-6-8-18(22)9-7-16/h2-9,15H,10-14H2,1H3,(H,24,27). The lowest BCUT2D eigenvalue weighted by molar-refractivity contribution is -0.126. The van der Waals surface area contributed by atoms with Crippen LogP contribution in [0, 0.1) is 0 Å². The highest BCUT2D eigenvalue weighted by molar-refractivity contribution is 6.31. The average Bonchev–Trinajstić information content (AvgIpc) is 2.72. The zero-order valence-corrected chi connectivity index (χ0v) is 17.2. The quantitative estimate of drug-likeness (QED) is 0.806. The van der Waals surface area contributed by atoms with E-state index in [1.54, 1.807) is 24.3 Å². The van der Waals surface area contributed by atoms with E-state index >= 15 is 0 Å². The second kappa shape index (κ2) is 9.41. The first-order valence-corrected chi connectivity index (χ1v) is 10.0. The van der Waals surface area contributed by atoms with E-state index in [2.05, 4.69) is 10.2 Å². The van der Waals surface area contributed by atoms with E-state index < -0.39 is 0 Å². The van der Waals surface area contributed by atoms with E-state index in [0.717, 1.165) is 5.56 Å². The minimum absolute atomic E-state index is 0.00728. The fourth-order valence-corrected chi connectivity index (χ4v) is 3.55. The van der Waals surface area contributed by atoms with Crippen molar-refractivity contribution < 1.29 is 9.59 Å². The molecule has 1 unspecified atom stereocenters. The molecule has 0 aliphatic carbocycles. The topological polar surface area (TPSA) is 52.7 Å². The monoisotopic (exact) mass is 419 g/mol. The maximum atomic E-state index is 12.6. The lowest BCUT2D eigenvalue weighted by Crippen LogP contribution is -2.54. The van der Waals surface area contributed by atoms with Crippen LogP contribution in [0.2, 0.25) is 10.0 Å². The number of carbonyl (C=O) groups is 2. The molecule has 0 bridgehead atoms. The smallest absolute Gasteiger partial charge is 0.253 e. The van der Waals surface area contributed by atoms with Gasteiger partial charge in [0.1, 0.15) is 0 Å². The molecule has 0 saturated carbocycles. The molecule has 0 aromatic heterocycles. The minimum Gasteiger partial charge on any atom is -0.351 e. The third-order valence-electron chi connectivity index (χ3n) is 5.03. The predicted molar refractivity (Wildman–Crippen MR) is 112 cm³/mol. The first-order valence-electron chi connectivity index (χ1n) is 9.25. The molecular weight excluding hydrogens is 397 g/mol. The number of hydrogen-bond acceptors (Lipinski definition) is 3. The summed E-state index contributed by atoms with van der Waals surface area (Å²) in [6, 6.07) is 14.1. The van der Waals surface area contributed by atoms with Crippen molar-refractivity contribution in [1.82, 2.24) is 15.1 Å². The SMILES string of the molecule is CC(C(=O)NCc1ccccc1Cl)N1CCN(C(=O)c2ccc(Cl)cc2)CC1. The number of benzene rings is 2. The van der Waals surface area contributed by atoms with Crippen molar-refractivity contribution in [2.75, 3.05) is 26.2 Å². The van der Waals surface area contributed by atoms with Gasteiger partial charge in [-0.25, -0.2) is 0 Å². The van der Waals surface area contributed by atoms with Gasteiger partial charge in [-0.2, -0.15) is 0 Å². The van der Waals surface area contributed by atoms with E-state index in [0.29, 0.717) is 48.3 Å². The number of piperazine rings is 1. The third kappa shape index (κ3) is 5.04. The molecule has 1 aliphatic heterocycles. The summed E-state index contributed by atoms with van der Waals surface area (Å²) in [6.07, 6.45) is 0. The average molecular weight is 420 g/mol. The van der Waals surface area contributed by atoms with Crippen LogP contribution in [0.15, 0.2) is 48.5 Å². The summed E-state index contributed by atoms with van der Waals surface area (Å²) in [5, 5.41) is 4.20. The summed E-state index contributed by atoms with van der Waals surface area (Å²) < 4.78 is 0. The maximum Gasteiger partial charge on any atom is 0.253 e. The van der Waals surface area contributed by atoms with Gasteiger partial charge in [-0.3, -0.25) is 14.5 Å². The Kier molecular flexibility index (Phi) is 6.94. The lowest BCUT2D eigenvalue weighted by Gasteiger charge is -2.37. The van der Waals surface area contributed by atoms with Crippen molar-refractivity contribution >= 4 is 35.0 Å². The summed E-state index contributed by atoms with van der Waals surface area (Å²) in [6.45, 7) is 4.77. The summed E-state index contributed by atoms with van der Waals surface area (Å²) in [5.74, 6) is -0.0514. The summed E-state index contributed by atoms with van der Waals surface area (Å²) in [4.78, 5) is 29.0. The van der Waals surface area contributed by atoms with E-state index in [9.17, 15) is 9.59 Å². The molecule has 2 aromatic rings. The summed E-state index contributed by atoms with van der Waals surface area (Å²) in [5.41, 5.74) is 1.52. The Morgan fingerprint density at radius 1 is 1.00 bits per heavy atom. The first kappa shape index (κ1) is 20.6. The molecule has 1 N–H and O–H groups in total. The van der Waals surface area contributed by atoms with Gasteiger partial charge >= 0.3 is 0 Å². The zero-order valence-electron chi connectivity index (χ0n) is 15.7. The molecule has 5 nitrogen and oxygen atoms in total. The zero-order chi connectivity index (χ0) is 20.1. The Morgan fingerprint density at radius 2 is 1.64 bits per heavy atom. The molecule has 1 atom stereocenters. The number of nitrogens with zero attached hydrogens (tertiary/aromatic N) is 2. The van der Waals surface area contributed by atoms with Crippen LogP contribution in [-0.4, -0.2) is 53.8 Å². The van der Waals surface area contributed by atoms with Gasteiger partial charge in [-0.15, -0.1) is 0 Å². The number of amides is 2. The van der Waals surface area contributed by atoms with Crippen LogP contribution >= 0.6 is 23.2 Å². The molecule has 2 amide bonds. The van der Waals surface area contributed by atoms with Gasteiger partial charge in [-0.05, 0) is 42.8 Å². The van der Waals surface area contributed by atoms with Crippen LogP contribution in [0.4, 0.5) is 0 Å². The molecule has 7 heteroatoms. The van der Waals surface area contributed by atoms with Crippen LogP contribution in [-0.2, 0) is 11.3 Å². The van der Waals surface area contributed by atoms with Gasteiger partial charge < -0.3 is 10.2 Å². The van der Waals surface area contributed by atoms with Crippen LogP contribution in [0.5, 0.6) is 0 Å². The van der Waals surface area contributed by atoms with Crippen LogP contribution in [0.3, 0.4) is 0 Å². The number of carbonyl (C=O) groups excluding carboxylic acids is 2. The van der Waals surface area contributed by atoms with Crippen LogP contribution < -0.4 is 5.32 Å². The maximum absolute atomic E-state index is 12.6. The van der Waals surface area contributed by atoms with Crippen molar-refractivity contribution in [3.05, 3.63) is 69.7 Å². The molecule has 0 spiro atoms. The minimum atomic E-state index is -0.268. The highest BCUT2D eigenvalue weighted by Gasteiger charge is 2.27. The highest BCUT2D eigenvalue weighted by Crippen LogP contribution is 2.16. The van der Waals surface area contributed by atoms with E-state index in [1.807, 2.05) is 36.1 Å². The van der Waals surface area contributed by atoms with Gasteiger partial charge in [0.05, 0.1) is 6.04 Å². The lowest BCUT2D eigenvalue weighted by atomic mass is 10.1. The largest absolute Gasteiger partial charge is 0.351 e. The molecule has 28 heavy (non-hydrogen) atoms. The molecular formula is C21H23Cl2N3O2. The van der Waals surface area contributed by atoms with Gasteiger partial charge in [0.2, 0.25) is 5.91 Å². The van der Waals surface area contributed by atoms with Gasteiger partial charge in [0.25, 0.3) is 5.91 Å². The number of rotatable bonds is 5. The summed E-state index contributed by atoms with van der Waals surface area (Å²) >= 11 is 12.0. The molecule has 3 rings (SSSR count). The van der Waals surface area contributed by atoms with Crippen LogP contribution in [0.1, 0.15) is 22.8 Å². The van der Waals surface area contributed by atoms with E-state index in [-0.39, 0.29) is 17.9 Å². The molecule has 1 saturated heterocycles. The number of halogens is 2. The van der Waals surface area contributed by atoms with Crippen molar-refractivity contribution in [3.63, 3.8) is 0 Å². The van der Waals surface area contributed by atoms with Crippen molar-refractivity contribution in [1.29, 1.82) is 0 Å². The molecule has 1 aliphatic rings. The Hall–Kier alpha value is -2.08. The fourth-order valence-electron chi connectivity index (χ4n) is 3.22.